The van der Waals surface area contributed by atoms with Crippen LogP contribution in [0.5, 0.6) is 0 Å². The van der Waals surface area contributed by atoms with Gasteiger partial charge in [0.05, 0.1) is 0 Å². The Labute approximate surface area is 188 Å². The van der Waals surface area contributed by atoms with Gasteiger partial charge in [-0.3, -0.25) is 9.59 Å². The van der Waals surface area contributed by atoms with Crippen molar-refractivity contribution < 1.29 is 9.59 Å². The number of amides is 2. The van der Waals surface area contributed by atoms with E-state index >= 15 is 0 Å². The van der Waals surface area contributed by atoms with Crippen LogP contribution in [-0.4, -0.2) is 29.9 Å². The molecule has 2 N–H and O–H groups in total. The Hall–Kier alpha value is -3.67. The monoisotopic (exact) mass is 428 g/mol. The molecule has 2 heterocycles. The summed E-state index contributed by atoms with van der Waals surface area (Å²) in [4.78, 5) is 31.6. The van der Waals surface area contributed by atoms with Gasteiger partial charge in [0.15, 0.2) is 0 Å². The summed E-state index contributed by atoms with van der Waals surface area (Å²) in [5, 5.41) is 5.76. The third-order valence-corrected chi connectivity index (χ3v) is 5.81. The molecule has 6 heteroatoms. The molecule has 32 heavy (non-hydrogen) atoms. The van der Waals surface area contributed by atoms with E-state index in [-0.39, 0.29) is 11.8 Å². The van der Waals surface area contributed by atoms with Crippen molar-refractivity contribution in [1.29, 1.82) is 0 Å². The summed E-state index contributed by atoms with van der Waals surface area (Å²) in [5.41, 5.74) is 2.72. The normalized spacial score (nSPS) is 14.1. The van der Waals surface area contributed by atoms with Crippen molar-refractivity contribution in [2.45, 2.75) is 26.3 Å². The van der Waals surface area contributed by atoms with Gasteiger partial charge in [-0.05, 0) is 66.8 Å². The Morgan fingerprint density at radius 3 is 2.25 bits per heavy atom. The van der Waals surface area contributed by atoms with Crippen molar-refractivity contribution in [3.8, 4) is 0 Å². The zero-order chi connectivity index (χ0) is 22.3. The molecule has 3 aromatic rings. The first-order valence-electron chi connectivity index (χ1n) is 11.0. The summed E-state index contributed by atoms with van der Waals surface area (Å²) in [7, 11) is 0. The molecule has 0 atom stereocenters. The molecule has 0 bridgehead atoms. The highest BCUT2D eigenvalue weighted by molar-refractivity contribution is 6.04. The average Bonchev–Trinajstić information content (AvgIpc) is 2.84. The molecule has 2 amide bonds. The molecule has 0 saturated carbocycles. The van der Waals surface area contributed by atoms with Crippen LogP contribution in [-0.2, 0) is 6.54 Å². The van der Waals surface area contributed by atoms with Gasteiger partial charge in [0.1, 0.15) is 5.82 Å². The lowest BCUT2D eigenvalue weighted by Crippen LogP contribution is -2.33. The van der Waals surface area contributed by atoms with E-state index in [9.17, 15) is 9.59 Å². The fourth-order valence-corrected chi connectivity index (χ4v) is 3.73. The molecule has 0 radical (unpaired) electrons. The van der Waals surface area contributed by atoms with Crippen LogP contribution in [0.2, 0.25) is 0 Å². The lowest BCUT2D eigenvalue weighted by molar-refractivity contribution is 0.0950. The zero-order valence-electron chi connectivity index (χ0n) is 18.3. The second-order valence-electron chi connectivity index (χ2n) is 8.27. The standard InChI is InChI=1S/C26H28N4O2/c1-19-13-15-30(16-14-19)24-12-7-20(17-27-24)18-28-25(31)22-8-10-23(11-9-22)29-26(32)21-5-3-2-4-6-21/h2-12,17,19H,13-16,18H2,1H3,(H,28,31)(H,29,32). The molecule has 0 spiro atoms. The predicted octanol–water partition coefficient (Wildman–Crippen LogP) is 4.50. The van der Waals surface area contributed by atoms with Crippen LogP contribution in [0.25, 0.3) is 0 Å². The second-order valence-corrected chi connectivity index (χ2v) is 8.27. The largest absolute Gasteiger partial charge is 0.357 e. The van der Waals surface area contributed by atoms with Gasteiger partial charge in [-0.1, -0.05) is 31.2 Å². The predicted molar refractivity (Wildman–Crippen MR) is 127 cm³/mol. The van der Waals surface area contributed by atoms with Crippen LogP contribution in [0.1, 0.15) is 46.0 Å². The number of carbonyl (C=O) groups is 2. The lowest BCUT2D eigenvalue weighted by atomic mass is 9.99. The van der Waals surface area contributed by atoms with E-state index in [1.54, 1.807) is 36.4 Å². The first kappa shape index (κ1) is 21.6. The molecule has 2 aromatic carbocycles. The number of pyridine rings is 1. The highest BCUT2D eigenvalue weighted by Crippen LogP contribution is 2.21. The molecular weight excluding hydrogens is 400 g/mol. The van der Waals surface area contributed by atoms with Gasteiger partial charge in [-0.15, -0.1) is 0 Å². The van der Waals surface area contributed by atoms with E-state index < -0.39 is 0 Å². The quantitative estimate of drug-likeness (QED) is 0.606. The number of anilines is 2. The number of nitrogens with zero attached hydrogens (tertiary/aromatic N) is 2. The minimum atomic E-state index is -0.183. The van der Waals surface area contributed by atoms with Crippen LogP contribution < -0.4 is 15.5 Å². The second kappa shape index (κ2) is 10.1. The number of hydrogen-bond donors (Lipinski definition) is 2. The summed E-state index contributed by atoms with van der Waals surface area (Å²) in [6, 6.07) is 19.9. The first-order chi connectivity index (χ1) is 15.6. The summed E-state index contributed by atoms with van der Waals surface area (Å²) in [6.07, 6.45) is 4.23. The lowest BCUT2D eigenvalue weighted by Gasteiger charge is -2.31. The van der Waals surface area contributed by atoms with E-state index in [1.807, 2.05) is 36.5 Å². The fraction of sp³-hybridized carbons (Fsp3) is 0.269. The van der Waals surface area contributed by atoms with Gasteiger partial charge in [0.25, 0.3) is 11.8 Å². The molecule has 1 aliphatic heterocycles. The van der Waals surface area contributed by atoms with Crippen LogP contribution in [0, 0.1) is 5.92 Å². The van der Waals surface area contributed by atoms with Gasteiger partial charge >= 0.3 is 0 Å². The number of piperidine rings is 1. The van der Waals surface area contributed by atoms with E-state index in [0.29, 0.717) is 23.4 Å². The van der Waals surface area contributed by atoms with Gasteiger partial charge in [0.2, 0.25) is 0 Å². The molecular formula is C26H28N4O2. The Morgan fingerprint density at radius 2 is 1.59 bits per heavy atom. The Balaban J connectivity index is 1.28. The van der Waals surface area contributed by atoms with Crippen molar-refractivity contribution in [2.24, 2.45) is 5.92 Å². The summed E-state index contributed by atoms with van der Waals surface area (Å²) < 4.78 is 0. The van der Waals surface area contributed by atoms with Crippen molar-refractivity contribution in [3.63, 3.8) is 0 Å². The van der Waals surface area contributed by atoms with Gasteiger partial charge in [-0.2, -0.15) is 0 Å². The molecule has 0 unspecified atom stereocenters. The van der Waals surface area contributed by atoms with Crippen molar-refractivity contribution in [1.82, 2.24) is 10.3 Å². The summed E-state index contributed by atoms with van der Waals surface area (Å²) in [5.74, 6) is 1.44. The van der Waals surface area contributed by atoms with E-state index in [0.717, 1.165) is 30.4 Å². The highest BCUT2D eigenvalue weighted by atomic mass is 16.2. The van der Waals surface area contributed by atoms with Gasteiger partial charge in [0, 0.05) is 42.6 Å². The smallest absolute Gasteiger partial charge is 0.255 e. The molecule has 1 saturated heterocycles. The van der Waals surface area contributed by atoms with Crippen molar-refractivity contribution in [3.05, 3.63) is 89.6 Å². The number of aromatic nitrogens is 1. The maximum Gasteiger partial charge on any atom is 0.255 e. The van der Waals surface area contributed by atoms with Crippen LogP contribution in [0.4, 0.5) is 11.5 Å². The maximum atomic E-state index is 12.5. The summed E-state index contributed by atoms with van der Waals surface area (Å²) in [6.45, 7) is 4.80. The number of carbonyl (C=O) groups excluding carboxylic acids is 2. The summed E-state index contributed by atoms with van der Waals surface area (Å²) >= 11 is 0. The molecule has 4 rings (SSSR count). The topological polar surface area (TPSA) is 74.3 Å². The molecule has 1 aromatic heterocycles. The van der Waals surface area contributed by atoms with E-state index in [4.69, 9.17) is 0 Å². The molecule has 6 nitrogen and oxygen atoms in total. The Morgan fingerprint density at radius 1 is 0.906 bits per heavy atom. The number of nitrogens with one attached hydrogen (secondary N) is 2. The Kier molecular flexibility index (Phi) is 6.80. The third-order valence-electron chi connectivity index (χ3n) is 5.81. The number of rotatable bonds is 6. The average molecular weight is 429 g/mol. The molecule has 164 valence electrons. The minimum absolute atomic E-state index is 0.167. The van der Waals surface area contributed by atoms with E-state index in [1.165, 1.54) is 12.8 Å². The van der Waals surface area contributed by atoms with Crippen LogP contribution in [0.3, 0.4) is 0 Å². The maximum absolute atomic E-state index is 12.5. The third kappa shape index (κ3) is 5.52. The van der Waals surface area contributed by atoms with Crippen molar-refractivity contribution >= 4 is 23.3 Å². The fourth-order valence-electron chi connectivity index (χ4n) is 3.73. The number of benzene rings is 2. The van der Waals surface area contributed by atoms with Gasteiger partial charge in [-0.25, -0.2) is 4.98 Å². The van der Waals surface area contributed by atoms with Crippen molar-refractivity contribution in [2.75, 3.05) is 23.3 Å². The molecule has 0 aliphatic carbocycles. The Bertz CT molecular complexity index is 1040. The molecule has 1 aliphatic rings. The SMILES string of the molecule is CC1CCN(c2ccc(CNC(=O)c3ccc(NC(=O)c4ccccc4)cc3)cn2)CC1. The molecule has 1 fully saturated rings. The highest BCUT2D eigenvalue weighted by Gasteiger charge is 2.16. The van der Waals surface area contributed by atoms with Gasteiger partial charge < -0.3 is 15.5 Å². The zero-order valence-corrected chi connectivity index (χ0v) is 18.3. The minimum Gasteiger partial charge on any atom is -0.357 e. The number of hydrogen-bond acceptors (Lipinski definition) is 4. The van der Waals surface area contributed by atoms with E-state index in [2.05, 4.69) is 27.4 Å². The van der Waals surface area contributed by atoms with Crippen LogP contribution >= 0.6 is 0 Å². The van der Waals surface area contributed by atoms with Crippen LogP contribution in [0.15, 0.2) is 72.9 Å². The first-order valence-corrected chi connectivity index (χ1v) is 11.0.